The number of nitrogens with one attached hydrogen (secondary N) is 2. The summed E-state index contributed by atoms with van der Waals surface area (Å²) in [5, 5.41) is 17.2. The summed E-state index contributed by atoms with van der Waals surface area (Å²) in [5.74, 6) is 0.111. The second-order valence-corrected chi connectivity index (χ2v) is 6.94. The van der Waals surface area contributed by atoms with E-state index in [9.17, 15) is 9.90 Å². The minimum absolute atomic E-state index is 0.0708. The molecule has 2 saturated heterocycles. The van der Waals surface area contributed by atoms with E-state index in [4.69, 9.17) is 0 Å². The van der Waals surface area contributed by atoms with Gasteiger partial charge in [0.25, 0.3) is 5.91 Å². The Morgan fingerprint density at radius 1 is 1.36 bits per heavy atom. The van der Waals surface area contributed by atoms with Crippen LogP contribution in [0.1, 0.15) is 28.9 Å². The molecule has 0 saturated carbocycles. The van der Waals surface area contributed by atoms with Crippen LogP contribution in [0.3, 0.4) is 0 Å². The number of para-hydroxylation sites is 1. The van der Waals surface area contributed by atoms with Gasteiger partial charge in [-0.3, -0.25) is 4.79 Å². The molecule has 0 spiro atoms. The highest BCUT2D eigenvalue weighted by molar-refractivity contribution is 7.16. The molecule has 4 rings (SSSR count). The number of thiazole rings is 1. The van der Waals surface area contributed by atoms with Gasteiger partial charge in [-0.2, -0.15) is 0 Å². The van der Waals surface area contributed by atoms with Crippen molar-refractivity contribution in [1.29, 1.82) is 0 Å². The lowest BCUT2D eigenvalue weighted by molar-refractivity contribution is 0.0935. The average molecular weight is 315 g/mol. The summed E-state index contributed by atoms with van der Waals surface area (Å²) in [5.41, 5.74) is 0.660. The van der Waals surface area contributed by atoms with E-state index in [1.165, 1.54) is 17.8 Å². The molecule has 0 radical (unpaired) electrons. The van der Waals surface area contributed by atoms with Gasteiger partial charge in [-0.1, -0.05) is 12.1 Å². The Kier molecular flexibility index (Phi) is 3.35. The Morgan fingerprint density at radius 3 is 2.95 bits per heavy atom. The van der Waals surface area contributed by atoms with Crippen molar-refractivity contribution in [2.75, 3.05) is 0 Å². The summed E-state index contributed by atoms with van der Waals surface area (Å²) in [6.07, 6.45) is 4.96. The van der Waals surface area contributed by atoms with Gasteiger partial charge in [0, 0.05) is 18.1 Å². The SMILES string of the molecule is O=C(N[C@@H]1C[C@H]2CC[C@@H]1N2)c1cnc(-c2ccccc2O)s1. The first-order chi connectivity index (χ1) is 10.7. The number of amides is 1. The van der Waals surface area contributed by atoms with Gasteiger partial charge in [-0.15, -0.1) is 11.3 Å². The van der Waals surface area contributed by atoms with E-state index in [-0.39, 0.29) is 17.7 Å². The van der Waals surface area contributed by atoms with Gasteiger partial charge in [0.15, 0.2) is 0 Å². The third-order valence-corrected chi connectivity index (χ3v) is 5.51. The molecule has 2 aliphatic rings. The number of carbonyl (C=O) groups is 1. The third-order valence-electron chi connectivity index (χ3n) is 4.48. The van der Waals surface area contributed by atoms with E-state index in [0.29, 0.717) is 27.5 Å². The van der Waals surface area contributed by atoms with E-state index in [2.05, 4.69) is 15.6 Å². The zero-order valence-corrected chi connectivity index (χ0v) is 12.8. The number of hydrogen-bond donors (Lipinski definition) is 3. The van der Waals surface area contributed by atoms with Gasteiger partial charge >= 0.3 is 0 Å². The molecule has 5 nitrogen and oxygen atoms in total. The average Bonchev–Trinajstić information content (AvgIpc) is 3.24. The van der Waals surface area contributed by atoms with Crippen molar-refractivity contribution >= 4 is 17.2 Å². The summed E-state index contributed by atoms with van der Waals surface area (Å²) in [6.45, 7) is 0. The van der Waals surface area contributed by atoms with Crippen LogP contribution in [0.5, 0.6) is 5.75 Å². The van der Waals surface area contributed by atoms with Crippen LogP contribution in [0, 0.1) is 0 Å². The normalized spacial score (nSPS) is 26.3. The smallest absolute Gasteiger partial charge is 0.263 e. The van der Waals surface area contributed by atoms with Crippen molar-refractivity contribution in [3.8, 4) is 16.3 Å². The molecule has 2 aromatic rings. The molecule has 3 atom stereocenters. The zero-order chi connectivity index (χ0) is 15.1. The van der Waals surface area contributed by atoms with Crippen LogP contribution < -0.4 is 10.6 Å². The molecule has 1 aromatic heterocycles. The van der Waals surface area contributed by atoms with Crippen LogP contribution in [-0.2, 0) is 0 Å². The Bertz CT molecular complexity index is 715. The number of phenols is 1. The second-order valence-electron chi connectivity index (χ2n) is 5.91. The van der Waals surface area contributed by atoms with Gasteiger partial charge < -0.3 is 15.7 Å². The molecular formula is C16H17N3O2S. The molecule has 3 N–H and O–H groups in total. The summed E-state index contributed by atoms with van der Waals surface area (Å²) in [7, 11) is 0. The fourth-order valence-corrected chi connectivity index (χ4v) is 4.23. The quantitative estimate of drug-likeness (QED) is 0.811. The second kappa shape index (κ2) is 5.37. The fourth-order valence-electron chi connectivity index (χ4n) is 3.38. The Hall–Kier alpha value is -1.92. The molecule has 2 fully saturated rings. The van der Waals surface area contributed by atoms with E-state index >= 15 is 0 Å². The lowest BCUT2D eigenvalue weighted by atomic mass is 9.95. The van der Waals surface area contributed by atoms with Gasteiger partial charge in [0.05, 0.1) is 11.8 Å². The van der Waals surface area contributed by atoms with Crippen LogP contribution in [0.4, 0.5) is 0 Å². The summed E-state index contributed by atoms with van der Waals surface area (Å²) in [6, 6.07) is 8.24. The Balaban J connectivity index is 1.49. The van der Waals surface area contributed by atoms with Gasteiger partial charge in [0.1, 0.15) is 15.6 Å². The number of rotatable bonds is 3. The lowest BCUT2D eigenvalue weighted by Crippen LogP contribution is -2.42. The highest BCUT2D eigenvalue weighted by atomic mass is 32.1. The molecular weight excluding hydrogens is 298 g/mol. The van der Waals surface area contributed by atoms with Crippen molar-refractivity contribution in [2.24, 2.45) is 0 Å². The molecule has 2 aliphatic heterocycles. The summed E-state index contributed by atoms with van der Waals surface area (Å²) >= 11 is 1.31. The number of benzene rings is 1. The molecule has 6 heteroatoms. The number of aromatic hydroxyl groups is 1. The molecule has 22 heavy (non-hydrogen) atoms. The predicted octanol–water partition coefficient (Wildman–Crippen LogP) is 2.14. The molecule has 2 bridgehead atoms. The minimum Gasteiger partial charge on any atom is -0.507 e. The molecule has 0 aliphatic carbocycles. The van der Waals surface area contributed by atoms with E-state index in [1.54, 1.807) is 24.4 Å². The predicted molar refractivity (Wildman–Crippen MR) is 85.0 cm³/mol. The number of nitrogens with zero attached hydrogens (tertiary/aromatic N) is 1. The van der Waals surface area contributed by atoms with Crippen molar-refractivity contribution in [3.05, 3.63) is 35.3 Å². The largest absolute Gasteiger partial charge is 0.507 e. The number of carbonyl (C=O) groups excluding carboxylic acids is 1. The van der Waals surface area contributed by atoms with E-state index in [1.807, 2.05) is 6.07 Å². The van der Waals surface area contributed by atoms with E-state index in [0.717, 1.165) is 12.8 Å². The zero-order valence-electron chi connectivity index (χ0n) is 12.0. The maximum atomic E-state index is 12.4. The molecule has 3 heterocycles. The lowest BCUT2D eigenvalue weighted by Gasteiger charge is -2.20. The van der Waals surface area contributed by atoms with Crippen LogP contribution in [0.2, 0.25) is 0 Å². The standard InChI is InChI=1S/C16H17N3O2S/c20-13-4-2-1-3-10(13)16-17-8-14(22-16)15(21)19-12-7-9-5-6-11(12)18-9/h1-4,8-9,11-12,18,20H,5-7H2,(H,19,21)/t9-,11+,12-/m1/s1. The van der Waals surface area contributed by atoms with Crippen LogP contribution in [-0.4, -0.2) is 34.1 Å². The number of aromatic nitrogens is 1. The van der Waals surface area contributed by atoms with Crippen molar-refractivity contribution in [3.63, 3.8) is 0 Å². The number of hydrogen-bond acceptors (Lipinski definition) is 5. The molecule has 1 aromatic carbocycles. The number of fused-ring (bicyclic) bond motifs is 2. The molecule has 0 unspecified atom stereocenters. The van der Waals surface area contributed by atoms with E-state index < -0.39 is 0 Å². The molecule has 114 valence electrons. The highest BCUT2D eigenvalue weighted by Crippen LogP contribution is 2.32. The van der Waals surface area contributed by atoms with Crippen LogP contribution in [0.15, 0.2) is 30.5 Å². The summed E-state index contributed by atoms with van der Waals surface area (Å²) < 4.78 is 0. The van der Waals surface area contributed by atoms with Gasteiger partial charge in [-0.25, -0.2) is 4.98 Å². The first-order valence-electron chi connectivity index (χ1n) is 7.52. The number of phenolic OH excluding ortho intramolecular Hbond substituents is 1. The topological polar surface area (TPSA) is 74.2 Å². The third kappa shape index (κ3) is 2.38. The summed E-state index contributed by atoms with van der Waals surface area (Å²) in [4.78, 5) is 17.2. The maximum absolute atomic E-state index is 12.4. The monoisotopic (exact) mass is 315 g/mol. The minimum atomic E-state index is -0.0708. The first-order valence-corrected chi connectivity index (χ1v) is 8.33. The van der Waals surface area contributed by atoms with Crippen LogP contribution >= 0.6 is 11.3 Å². The maximum Gasteiger partial charge on any atom is 0.263 e. The molecule has 1 amide bonds. The van der Waals surface area contributed by atoms with Crippen LogP contribution in [0.25, 0.3) is 10.6 Å². The highest BCUT2D eigenvalue weighted by Gasteiger charge is 2.39. The van der Waals surface area contributed by atoms with Crippen molar-refractivity contribution < 1.29 is 9.90 Å². The van der Waals surface area contributed by atoms with Crippen molar-refractivity contribution in [1.82, 2.24) is 15.6 Å². The van der Waals surface area contributed by atoms with Gasteiger partial charge in [0.2, 0.25) is 0 Å². The first kappa shape index (κ1) is 13.7. The van der Waals surface area contributed by atoms with Crippen molar-refractivity contribution in [2.45, 2.75) is 37.4 Å². The fraction of sp³-hybridized carbons (Fsp3) is 0.375. The van der Waals surface area contributed by atoms with Gasteiger partial charge in [-0.05, 0) is 31.4 Å². The Morgan fingerprint density at radius 2 is 2.23 bits per heavy atom. The Labute approximate surface area is 132 Å².